The molecule has 3 aromatic rings. The van der Waals surface area contributed by atoms with Crippen LogP contribution in [0.3, 0.4) is 0 Å². The number of hydrogen-bond donors (Lipinski definition) is 0. The lowest BCUT2D eigenvalue weighted by Crippen LogP contribution is -2.30. The van der Waals surface area contributed by atoms with Crippen molar-refractivity contribution in [2.75, 3.05) is 14.1 Å². The van der Waals surface area contributed by atoms with Crippen molar-refractivity contribution in [2.45, 2.75) is 51.5 Å². The van der Waals surface area contributed by atoms with Crippen LogP contribution in [0.1, 0.15) is 55.2 Å². The summed E-state index contributed by atoms with van der Waals surface area (Å²) < 4.78 is 5.53. The molecule has 1 atom stereocenters. The summed E-state index contributed by atoms with van der Waals surface area (Å²) in [5, 5.41) is 4.19. The van der Waals surface area contributed by atoms with E-state index in [4.69, 9.17) is 4.52 Å². The highest BCUT2D eigenvalue weighted by molar-refractivity contribution is 5.55. The van der Waals surface area contributed by atoms with Gasteiger partial charge in [0.15, 0.2) is 0 Å². The van der Waals surface area contributed by atoms with Gasteiger partial charge in [-0.25, -0.2) is 0 Å². The molecule has 1 heterocycles. The first-order valence-corrected chi connectivity index (χ1v) is 11.2. The molecule has 1 unspecified atom stereocenters. The zero-order valence-corrected chi connectivity index (χ0v) is 18.4. The second-order valence-corrected chi connectivity index (χ2v) is 9.02. The molecule has 4 nitrogen and oxygen atoms in total. The molecule has 30 heavy (non-hydrogen) atoms. The normalized spacial score (nSPS) is 20.4. The fraction of sp³-hybridized carbons (Fsp3) is 0.462. The number of rotatable bonds is 7. The van der Waals surface area contributed by atoms with E-state index in [2.05, 4.69) is 78.5 Å². The topological polar surface area (TPSA) is 42.2 Å². The van der Waals surface area contributed by atoms with Gasteiger partial charge in [-0.1, -0.05) is 72.1 Å². The quantitative estimate of drug-likeness (QED) is 0.479. The summed E-state index contributed by atoms with van der Waals surface area (Å²) in [6, 6.07) is 19.8. The van der Waals surface area contributed by atoms with Gasteiger partial charge in [0.25, 0.3) is 0 Å². The van der Waals surface area contributed by atoms with E-state index in [0.717, 1.165) is 36.1 Å². The van der Waals surface area contributed by atoms with Gasteiger partial charge in [-0.3, -0.25) is 0 Å². The Balaban J connectivity index is 1.30. The lowest BCUT2D eigenvalue weighted by atomic mass is 9.75. The highest BCUT2D eigenvalue weighted by Gasteiger charge is 2.30. The van der Waals surface area contributed by atoms with Gasteiger partial charge in [0, 0.05) is 18.0 Å². The smallest absolute Gasteiger partial charge is 0.226 e. The number of nitrogens with zero attached hydrogens (tertiary/aromatic N) is 3. The van der Waals surface area contributed by atoms with E-state index in [9.17, 15) is 0 Å². The van der Waals surface area contributed by atoms with Crippen LogP contribution in [0, 0.1) is 18.8 Å². The minimum absolute atomic E-state index is 0.514. The Morgan fingerprint density at radius 3 is 2.47 bits per heavy atom. The van der Waals surface area contributed by atoms with E-state index < -0.39 is 0 Å². The molecule has 0 radical (unpaired) electrons. The van der Waals surface area contributed by atoms with Gasteiger partial charge in [0.2, 0.25) is 11.7 Å². The van der Waals surface area contributed by atoms with Gasteiger partial charge in [-0.15, -0.1) is 0 Å². The Labute approximate surface area is 180 Å². The van der Waals surface area contributed by atoms with Crippen molar-refractivity contribution >= 4 is 0 Å². The highest BCUT2D eigenvalue weighted by atomic mass is 16.5. The van der Waals surface area contributed by atoms with E-state index in [1.165, 1.54) is 36.8 Å². The van der Waals surface area contributed by atoms with Crippen molar-refractivity contribution in [1.82, 2.24) is 15.0 Å². The predicted octanol–water partition coefficient (Wildman–Crippen LogP) is 6.09. The van der Waals surface area contributed by atoms with Crippen LogP contribution in [0.25, 0.3) is 11.4 Å². The lowest BCUT2D eigenvalue weighted by molar-refractivity contribution is 0.145. The molecule has 4 heteroatoms. The van der Waals surface area contributed by atoms with E-state index in [1.54, 1.807) is 0 Å². The van der Waals surface area contributed by atoms with Gasteiger partial charge in [-0.2, -0.15) is 4.98 Å². The number of aryl methyl sites for hydroxylation is 2. The highest BCUT2D eigenvalue weighted by Crippen LogP contribution is 2.40. The Bertz CT molecular complexity index is 926. The molecule has 0 amide bonds. The van der Waals surface area contributed by atoms with Gasteiger partial charge in [-0.05, 0) is 63.7 Å². The van der Waals surface area contributed by atoms with Crippen LogP contribution in [0.4, 0.5) is 0 Å². The molecule has 0 spiro atoms. The molecule has 1 fully saturated rings. The molecular weight excluding hydrogens is 370 g/mol. The Hall–Kier alpha value is -2.46. The minimum atomic E-state index is 0.514. The summed E-state index contributed by atoms with van der Waals surface area (Å²) in [5.41, 5.74) is 3.68. The first-order chi connectivity index (χ1) is 14.6. The molecule has 0 saturated heterocycles. The SMILES string of the molecule is Cc1cccc(-c2noc(CCC3CCC(C(c4ccccc4)N(C)C)CC3)n2)c1. The largest absolute Gasteiger partial charge is 0.339 e. The van der Waals surface area contributed by atoms with Crippen molar-refractivity contribution in [3.8, 4) is 11.4 Å². The molecule has 1 saturated carbocycles. The third-order valence-electron chi connectivity index (χ3n) is 6.55. The van der Waals surface area contributed by atoms with Crippen molar-refractivity contribution in [3.05, 3.63) is 71.6 Å². The molecule has 1 aromatic heterocycles. The van der Waals surface area contributed by atoms with Gasteiger partial charge in [0.05, 0.1) is 0 Å². The third kappa shape index (κ3) is 4.99. The number of aromatic nitrogens is 2. The van der Waals surface area contributed by atoms with Crippen LogP contribution in [-0.4, -0.2) is 29.1 Å². The maximum absolute atomic E-state index is 5.53. The summed E-state index contributed by atoms with van der Waals surface area (Å²) >= 11 is 0. The molecule has 1 aliphatic rings. The van der Waals surface area contributed by atoms with Crippen LogP contribution < -0.4 is 0 Å². The summed E-state index contributed by atoms with van der Waals surface area (Å²) in [6.45, 7) is 2.08. The third-order valence-corrected chi connectivity index (χ3v) is 6.55. The van der Waals surface area contributed by atoms with Crippen LogP contribution >= 0.6 is 0 Å². The van der Waals surface area contributed by atoms with Gasteiger partial charge < -0.3 is 9.42 Å². The van der Waals surface area contributed by atoms with Crippen molar-refractivity contribution in [2.24, 2.45) is 11.8 Å². The maximum atomic E-state index is 5.53. The molecule has 0 aliphatic heterocycles. The maximum Gasteiger partial charge on any atom is 0.226 e. The summed E-state index contributed by atoms with van der Waals surface area (Å²) in [5.74, 6) is 2.96. The minimum Gasteiger partial charge on any atom is -0.339 e. The molecule has 0 N–H and O–H groups in total. The van der Waals surface area contributed by atoms with Crippen molar-refractivity contribution in [1.29, 1.82) is 0 Å². The Kier molecular flexibility index (Phi) is 6.63. The second kappa shape index (κ2) is 9.57. The van der Waals surface area contributed by atoms with E-state index in [-0.39, 0.29) is 0 Å². The van der Waals surface area contributed by atoms with E-state index >= 15 is 0 Å². The van der Waals surface area contributed by atoms with Crippen molar-refractivity contribution in [3.63, 3.8) is 0 Å². The summed E-state index contributed by atoms with van der Waals surface area (Å²) in [7, 11) is 4.43. The van der Waals surface area contributed by atoms with Crippen LogP contribution in [-0.2, 0) is 6.42 Å². The summed E-state index contributed by atoms with van der Waals surface area (Å²) in [4.78, 5) is 7.02. The molecule has 158 valence electrons. The molecule has 1 aliphatic carbocycles. The number of hydrogen-bond acceptors (Lipinski definition) is 4. The van der Waals surface area contributed by atoms with Crippen LogP contribution in [0.15, 0.2) is 59.1 Å². The number of benzene rings is 2. The molecular formula is C26H33N3O. The van der Waals surface area contributed by atoms with Gasteiger partial charge in [0.1, 0.15) is 0 Å². The van der Waals surface area contributed by atoms with Gasteiger partial charge >= 0.3 is 0 Å². The first kappa shape index (κ1) is 20.8. The average molecular weight is 404 g/mol. The van der Waals surface area contributed by atoms with Crippen LogP contribution in [0.5, 0.6) is 0 Å². The fourth-order valence-electron chi connectivity index (χ4n) is 5.02. The molecule has 4 rings (SSSR count). The van der Waals surface area contributed by atoms with E-state index in [1.807, 2.05) is 12.1 Å². The van der Waals surface area contributed by atoms with Crippen LogP contribution in [0.2, 0.25) is 0 Å². The second-order valence-electron chi connectivity index (χ2n) is 9.02. The van der Waals surface area contributed by atoms with Crippen molar-refractivity contribution < 1.29 is 4.52 Å². The monoisotopic (exact) mass is 403 g/mol. The summed E-state index contributed by atoms with van der Waals surface area (Å²) in [6.07, 6.45) is 7.19. The van der Waals surface area contributed by atoms with E-state index in [0.29, 0.717) is 11.9 Å². The zero-order valence-electron chi connectivity index (χ0n) is 18.4. The Morgan fingerprint density at radius 1 is 1.00 bits per heavy atom. The average Bonchev–Trinajstić information content (AvgIpc) is 3.23. The Morgan fingerprint density at radius 2 is 1.77 bits per heavy atom. The lowest BCUT2D eigenvalue weighted by Gasteiger charge is -2.37. The molecule has 2 aromatic carbocycles. The first-order valence-electron chi connectivity index (χ1n) is 11.2. The fourth-order valence-corrected chi connectivity index (χ4v) is 5.02. The molecule has 0 bridgehead atoms. The standard InChI is InChI=1S/C26H33N3O/c1-19-8-7-11-23(18-19)26-27-24(30-28-26)17-14-20-12-15-22(16-13-20)25(29(2)3)21-9-5-4-6-10-21/h4-11,18,20,22,25H,12-17H2,1-3H3. The zero-order chi connectivity index (χ0) is 20.9. The predicted molar refractivity (Wildman–Crippen MR) is 121 cm³/mol.